The molecule has 134 valence electrons. The van der Waals surface area contributed by atoms with Crippen LogP contribution in [0.5, 0.6) is 0 Å². The number of carbonyl (C=O) groups excluding carboxylic acids is 1. The van der Waals surface area contributed by atoms with Crippen LogP contribution in [0.4, 0.5) is 13.2 Å². The third-order valence-corrected chi connectivity index (χ3v) is 6.31. The number of fused-ring (bicyclic) bond motifs is 3. The van der Waals surface area contributed by atoms with Crippen LogP contribution in [0.25, 0.3) is 10.2 Å². The number of piperidine rings is 1. The first-order chi connectivity index (χ1) is 11.8. The molecule has 2 aromatic heterocycles. The third-order valence-electron chi connectivity index (χ3n) is 5.11. The van der Waals surface area contributed by atoms with Crippen molar-refractivity contribution in [3.63, 3.8) is 0 Å². The molecule has 4 heterocycles. The molecule has 2 N–H and O–H groups in total. The van der Waals surface area contributed by atoms with Gasteiger partial charge in [0.25, 0.3) is 5.91 Å². The first-order valence-corrected chi connectivity index (χ1v) is 9.17. The number of halogens is 3. The van der Waals surface area contributed by atoms with Crippen LogP contribution in [0.2, 0.25) is 0 Å². The number of nitrogens with zero attached hydrogens (tertiary/aromatic N) is 1. The molecule has 8 heteroatoms. The summed E-state index contributed by atoms with van der Waals surface area (Å²) in [6, 6.07) is 3.41. The number of hydrogen-bond donors (Lipinski definition) is 2. The number of carbonyl (C=O) groups is 1. The Morgan fingerprint density at radius 2 is 1.96 bits per heavy atom. The molecule has 2 aliphatic heterocycles. The SMILES string of the molecule is Cc1c(C(=O)NC2CC3CCC(C2)N3)sc2nc(C(F)(F)F)ccc12. The number of amides is 1. The highest BCUT2D eigenvalue weighted by atomic mass is 32.1. The maximum Gasteiger partial charge on any atom is 0.433 e. The summed E-state index contributed by atoms with van der Waals surface area (Å²) in [5.41, 5.74) is -0.237. The Hall–Kier alpha value is -1.67. The van der Waals surface area contributed by atoms with Crippen molar-refractivity contribution >= 4 is 27.5 Å². The summed E-state index contributed by atoms with van der Waals surface area (Å²) in [4.78, 5) is 17.0. The first kappa shape index (κ1) is 16.8. The largest absolute Gasteiger partial charge is 0.433 e. The summed E-state index contributed by atoms with van der Waals surface area (Å²) < 4.78 is 38.5. The van der Waals surface area contributed by atoms with Crippen LogP contribution in [0, 0.1) is 6.92 Å². The number of thiophene rings is 1. The van der Waals surface area contributed by atoms with Crippen LogP contribution >= 0.6 is 11.3 Å². The maximum absolute atomic E-state index is 12.8. The van der Waals surface area contributed by atoms with E-state index in [-0.39, 0.29) is 16.8 Å². The minimum absolute atomic E-state index is 0.120. The predicted octanol–water partition coefficient (Wildman–Crippen LogP) is 3.64. The van der Waals surface area contributed by atoms with Gasteiger partial charge in [0.1, 0.15) is 10.5 Å². The van der Waals surface area contributed by atoms with Crippen LogP contribution in [-0.4, -0.2) is 29.0 Å². The molecule has 2 aromatic rings. The fourth-order valence-corrected chi connectivity index (χ4v) is 4.98. The summed E-state index contributed by atoms with van der Waals surface area (Å²) in [5.74, 6) is -0.208. The highest BCUT2D eigenvalue weighted by Crippen LogP contribution is 2.34. The second-order valence-electron chi connectivity index (χ2n) is 6.88. The third kappa shape index (κ3) is 3.13. The standard InChI is InChI=1S/C17H18F3N3OS/c1-8-12-4-5-13(17(18,19)20)23-16(12)25-14(8)15(24)22-11-6-9-2-3-10(7-11)21-9/h4-5,9-11,21H,2-3,6-7H2,1H3,(H,22,24). The van der Waals surface area contributed by atoms with E-state index in [4.69, 9.17) is 0 Å². The van der Waals surface area contributed by atoms with Crippen LogP contribution in [-0.2, 0) is 6.18 Å². The molecular formula is C17H18F3N3OS. The van der Waals surface area contributed by atoms with Gasteiger partial charge in [-0.1, -0.05) is 0 Å². The lowest BCUT2D eigenvalue weighted by Crippen LogP contribution is -2.47. The van der Waals surface area contributed by atoms with Crippen molar-refractivity contribution in [2.24, 2.45) is 0 Å². The van der Waals surface area contributed by atoms with Crippen molar-refractivity contribution in [2.45, 2.75) is 56.9 Å². The van der Waals surface area contributed by atoms with Gasteiger partial charge in [-0.05, 0) is 50.3 Å². The second-order valence-corrected chi connectivity index (χ2v) is 7.88. The van der Waals surface area contributed by atoms with E-state index in [1.807, 2.05) is 0 Å². The van der Waals surface area contributed by atoms with Gasteiger partial charge < -0.3 is 10.6 Å². The summed E-state index contributed by atoms with van der Waals surface area (Å²) >= 11 is 1.03. The lowest BCUT2D eigenvalue weighted by atomic mass is 9.99. The zero-order valence-corrected chi connectivity index (χ0v) is 14.4. The molecule has 0 aromatic carbocycles. The molecular weight excluding hydrogens is 351 g/mol. The van der Waals surface area contributed by atoms with Gasteiger partial charge in [0.15, 0.2) is 0 Å². The molecule has 0 aliphatic carbocycles. The van der Waals surface area contributed by atoms with E-state index in [9.17, 15) is 18.0 Å². The Bertz CT molecular complexity index is 820. The molecule has 4 rings (SSSR count). The van der Waals surface area contributed by atoms with Gasteiger partial charge in [0, 0.05) is 23.5 Å². The number of aryl methyl sites for hydroxylation is 1. The van der Waals surface area contributed by atoms with E-state index in [1.165, 1.54) is 6.07 Å². The van der Waals surface area contributed by atoms with E-state index < -0.39 is 11.9 Å². The molecule has 25 heavy (non-hydrogen) atoms. The van der Waals surface area contributed by atoms with Crippen molar-refractivity contribution in [3.8, 4) is 0 Å². The van der Waals surface area contributed by atoms with Crippen LogP contribution in [0.15, 0.2) is 12.1 Å². The molecule has 2 saturated heterocycles. The maximum atomic E-state index is 12.8. The number of nitrogens with one attached hydrogen (secondary N) is 2. The summed E-state index contributed by atoms with van der Waals surface area (Å²) in [5, 5.41) is 7.19. The number of pyridine rings is 1. The smallest absolute Gasteiger partial charge is 0.348 e. The van der Waals surface area contributed by atoms with Crippen molar-refractivity contribution in [3.05, 3.63) is 28.3 Å². The molecule has 0 saturated carbocycles. The predicted molar refractivity (Wildman–Crippen MR) is 89.8 cm³/mol. The Kier molecular flexibility index (Phi) is 3.99. The van der Waals surface area contributed by atoms with Gasteiger partial charge in [0.05, 0.1) is 4.88 Å². The number of rotatable bonds is 2. The van der Waals surface area contributed by atoms with Gasteiger partial charge in [0.2, 0.25) is 0 Å². The summed E-state index contributed by atoms with van der Waals surface area (Å²) in [6.45, 7) is 1.76. The van der Waals surface area contributed by atoms with Gasteiger partial charge in [-0.2, -0.15) is 13.2 Å². The first-order valence-electron chi connectivity index (χ1n) is 8.35. The van der Waals surface area contributed by atoms with E-state index >= 15 is 0 Å². The molecule has 2 unspecified atom stereocenters. The van der Waals surface area contributed by atoms with Gasteiger partial charge >= 0.3 is 6.18 Å². The molecule has 4 nitrogen and oxygen atoms in total. The topological polar surface area (TPSA) is 54.0 Å². The zero-order chi connectivity index (χ0) is 17.8. The Labute approximate surface area is 146 Å². The zero-order valence-electron chi connectivity index (χ0n) is 13.6. The van der Waals surface area contributed by atoms with Crippen LogP contribution < -0.4 is 10.6 Å². The molecule has 0 spiro atoms. The fourth-order valence-electron chi connectivity index (χ4n) is 3.90. The monoisotopic (exact) mass is 369 g/mol. The summed E-state index contributed by atoms with van der Waals surface area (Å²) in [6.07, 6.45) is -0.389. The van der Waals surface area contributed by atoms with E-state index in [1.54, 1.807) is 6.92 Å². The second kappa shape index (κ2) is 5.95. The highest BCUT2D eigenvalue weighted by Gasteiger charge is 2.35. The summed E-state index contributed by atoms with van der Waals surface area (Å²) in [7, 11) is 0. The van der Waals surface area contributed by atoms with Crippen molar-refractivity contribution < 1.29 is 18.0 Å². The fraction of sp³-hybridized carbons (Fsp3) is 0.529. The highest BCUT2D eigenvalue weighted by molar-refractivity contribution is 7.20. The van der Waals surface area contributed by atoms with Crippen molar-refractivity contribution in [2.75, 3.05) is 0 Å². The lowest BCUT2D eigenvalue weighted by Gasteiger charge is -2.29. The Balaban J connectivity index is 1.58. The normalized spacial score (nSPS) is 26.2. The van der Waals surface area contributed by atoms with E-state index in [2.05, 4.69) is 15.6 Å². The van der Waals surface area contributed by atoms with E-state index in [0.717, 1.165) is 43.1 Å². The van der Waals surface area contributed by atoms with Crippen molar-refractivity contribution in [1.82, 2.24) is 15.6 Å². The van der Waals surface area contributed by atoms with Crippen LogP contribution in [0.1, 0.15) is 46.6 Å². The number of alkyl halides is 3. The van der Waals surface area contributed by atoms with Crippen LogP contribution in [0.3, 0.4) is 0 Å². The quantitative estimate of drug-likeness (QED) is 0.850. The molecule has 2 atom stereocenters. The lowest BCUT2D eigenvalue weighted by molar-refractivity contribution is -0.140. The number of hydrogen-bond acceptors (Lipinski definition) is 4. The molecule has 2 bridgehead atoms. The minimum Gasteiger partial charge on any atom is -0.348 e. The molecule has 2 aliphatic rings. The Morgan fingerprint density at radius 1 is 1.28 bits per heavy atom. The average Bonchev–Trinajstić information content (AvgIpc) is 3.06. The Morgan fingerprint density at radius 3 is 2.60 bits per heavy atom. The molecule has 0 radical (unpaired) electrons. The van der Waals surface area contributed by atoms with E-state index in [0.29, 0.717) is 27.9 Å². The average molecular weight is 369 g/mol. The van der Waals surface area contributed by atoms with Gasteiger partial charge in [-0.25, -0.2) is 4.98 Å². The molecule has 2 fully saturated rings. The molecule has 1 amide bonds. The number of aromatic nitrogens is 1. The minimum atomic E-state index is -4.48. The van der Waals surface area contributed by atoms with Gasteiger partial charge in [-0.3, -0.25) is 4.79 Å². The van der Waals surface area contributed by atoms with Crippen molar-refractivity contribution in [1.29, 1.82) is 0 Å². The van der Waals surface area contributed by atoms with Gasteiger partial charge in [-0.15, -0.1) is 11.3 Å².